The normalized spacial score (nSPS) is 29.3. The fourth-order valence-corrected chi connectivity index (χ4v) is 7.93. The third kappa shape index (κ3) is 3.69. The molecule has 3 heterocycles. The summed E-state index contributed by atoms with van der Waals surface area (Å²) in [5, 5.41) is 11.2. The van der Waals surface area contributed by atoms with E-state index in [-0.39, 0.29) is 29.2 Å². The maximum absolute atomic E-state index is 13.8. The topological polar surface area (TPSA) is 75.4 Å². The highest BCUT2D eigenvalue weighted by Crippen LogP contribution is 2.65. The molecule has 1 saturated heterocycles. The van der Waals surface area contributed by atoms with Gasteiger partial charge >= 0.3 is 0 Å². The van der Waals surface area contributed by atoms with Crippen LogP contribution >= 0.6 is 0 Å². The molecule has 1 N–H and O–H groups in total. The van der Waals surface area contributed by atoms with Gasteiger partial charge in [-0.15, -0.1) is 6.58 Å². The van der Waals surface area contributed by atoms with Crippen LogP contribution in [-0.4, -0.2) is 65.7 Å². The number of furan rings is 1. The summed E-state index contributed by atoms with van der Waals surface area (Å²) in [5.41, 5.74) is 2.73. The molecule has 2 bridgehead atoms. The molecule has 1 spiro atoms. The number of phenols is 1. The Labute approximate surface area is 224 Å². The van der Waals surface area contributed by atoms with Gasteiger partial charge in [0.25, 0.3) is 0 Å². The van der Waals surface area contributed by atoms with Crippen LogP contribution in [0.4, 0.5) is 0 Å². The van der Waals surface area contributed by atoms with Crippen LogP contribution in [0.2, 0.25) is 0 Å². The lowest BCUT2D eigenvalue weighted by molar-refractivity contribution is -0.138. The summed E-state index contributed by atoms with van der Waals surface area (Å²) in [6.07, 6.45) is 12.1. The number of amides is 1. The molecule has 1 amide bonds. The van der Waals surface area contributed by atoms with Crippen LogP contribution in [-0.2, 0) is 16.6 Å². The second kappa shape index (κ2) is 9.53. The zero-order valence-corrected chi connectivity index (χ0v) is 22.6. The lowest BCUT2D eigenvalue weighted by atomic mass is 9.50. The number of carbonyl (C=O) groups is 1. The number of hydrogen-bond donors (Lipinski definition) is 1. The second-order valence-corrected chi connectivity index (χ2v) is 11.7. The standard InChI is InChI=1S/C31H38N2O5/c1-5-12-32-13-11-31-22-7-8-23(33(17-19(2)3)27(35)9-6-20-10-14-37-18-20)30(31)38-29-26(36-4)16-25(34)21(28(29)31)15-24(22)32/h5-6,9-10,14,16,18-19,22-24,30,34H,1,7-8,11-13,15,17H2,2-4H3/b9-6+/t22-,23-,24+,30-,31-/m0/s1. The summed E-state index contributed by atoms with van der Waals surface area (Å²) in [5.74, 6) is 2.32. The molecule has 2 aromatic rings. The smallest absolute Gasteiger partial charge is 0.246 e. The van der Waals surface area contributed by atoms with Gasteiger partial charge in [-0.05, 0) is 56.2 Å². The predicted molar refractivity (Wildman–Crippen MR) is 145 cm³/mol. The molecule has 4 aliphatic rings. The van der Waals surface area contributed by atoms with E-state index in [1.54, 1.807) is 31.8 Å². The third-order valence-electron chi connectivity index (χ3n) is 9.28. The van der Waals surface area contributed by atoms with Crippen LogP contribution in [0, 0.1) is 11.8 Å². The number of likely N-dealkylation sites (tertiary alicyclic amines) is 1. The highest BCUT2D eigenvalue weighted by Gasteiger charge is 2.67. The number of piperidine rings is 1. The van der Waals surface area contributed by atoms with Crippen LogP contribution in [0.15, 0.2) is 47.8 Å². The Bertz CT molecular complexity index is 1250. The van der Waals surface area contributed by atoms with E-state index < -0.39 is 0 Å². The number of methoxy groups -OCH3 is 1. The number of phenolic OH excluding ortho intramolecular Hbond substituents is 1. The number of aromatic hydroxyl groups is 1. The molecule has 2 aliphatic carbocycles. The summed E-state index contributed by atoms with van der Waals surface area (Å²) in [7, 11) is 1.63. The summed E-state index contributed by atoms with van der Waals surface area (Å²) in [4.78, 5) is 18.3. The maximum atomic E-state index is 13.8. The number of ether oxygens (including phenoxy) is 2. The van der Waals surface area contributed by atoms with E-state index in [0.717, 1.165) is 61.2 Å². The fourth-order valence-electron chi connectivity index (χ4n) is 7.93. The summed E-state index contributed by atoms with van der Waals surface area (Å²) < 4.78 is 17.8. The predicted octanol–water partition coefficient (Wildman–Crippen LogP) is 4.79. The van der Waals surface area contributed by atoms with Crippen molar-refractivity contribution < 1.29 is 23.8 Å². The highest BCUT2D eigenvalue weighted by atomic mass is 16.5. The molecule has 202 valence electrons. The Morgan fingerprint density at radius 3 is 2.95 bits per heavy atom. The van der Waals surface area contributed by atoms with Gasteiger partial charge in [-0.2, -0.15) is 0 Å². The Morgan fingerprint density at radius 2 is 2.24 bits per heavy atom. The molecule has 0 radical (unpaired) electrons. The fraction of sp³-hybridized carbons (Fsp3) is 0.516. The van der Waals surface area contributed by atoms with E-state index in [1.807, 2.05) is 23.1 Å². The largest absolute Gasteiger partial charge is 0.508 e. The number of hydrogen-bond acceptors (Lipinski definition) is 6. The lowest BCUT2D eigenvalue weighted by Crippen LogP contribution is -2.69. The molecular weight excluding hydrogens is 480 g/mol. The Kier molecular flexibility index (Phi) is 6.29. The van der Waals surface area contributed by atoms with E-state index in [9.17, 15) is 9.90 Å². The van der Waals surface area contributed by atoms with E-state index >= 15 is 0 Å². The van der Waals surface area contributed by atoms with Crippen molar-refractivity contribution in [3.8, 4) is 17.2 Å². The van der Waals surface area contributed by atoms with Crippen molar-refractivity contribution in [2.75, 3.05) is 26.7 Å². The van der Waals surface area contributed by atoms with Crippen molar-refractivity contribution in [2.45, 2.75) is 63.1 Å². The first-order chi connectivity index (χ1) is 18.4. The first kappa shape index (κ1) is 25.1. The zero-order valence-electron chi connectivity index (χ0n) is 22.6. The van der Waals surface area contributed by atoms with Crippen LogP contribution in [0.25, 0.3) is 6.08 Å². The van der Waals surface area contributed by atoms with Crippen LogP contribution in [0.1, 0.15) is 49.8 Å². The van der Waals surface area contributed by atoms with Crippen molar-refractivity contribution in [3.05, 3.63) is 60.1 Å². The van der Waals surface area contributed by atoms with Gasteiger partial charge in [0.2, 0.25) is 5.91 Å². The molecule has 2 aliphatic heterocycles. The van der Waals surface area contributed by atoms with Crippen molar-refractivity contribution in [3.63, 3.8) is 0 Å². The summed E-state index contributed by atoms with van der Waals surface area (Å²) in [6, 6.07) is 3.78. The minimum atomic E-state index is -0.260. The Hall–Kier alpha value is -3.19. The molecule has 5 atom stereocenters. The number of benzene rings is 1. The molecule has 1 aromatic carbocycles. The van der Waals surface area contributed by atoms with Gasteiger partial charge in [0.15, 0.2) is 11.5 Å². The summed E-state index contributed by atoms with van der Waals surface area (Å²) >= 11 is 0. The molecule has 7 nitrogen and oxygen atoms in total. The lowest BCUT2D eigenvalue weighted by Gasteiger charge is -2.60. The number of rotatable bonds is 8. The molecule has 2 fully saturated rings. The first-order valence-electron chi connectivity index (χ1n) is 13.8. The number of nitrogens with zero attached hydrogens (tertiary/aromatic N) is 2. The average molecular weight is 519 g/mol. The van der Waals surface area contributed by atoms with Gasteiger partial charge in [-0.1, -0.05) is 19.9 Å². The minimum absolute atomic E-state index is 0.00852. The van der Waals surface area contributed by atoms with Gasteiger partial charge in [0.05, 0.1) is 25.7 Å². The highest BCUT2D eigenvalue weighted by molar-refractivity contribution is 5.92. The first-order valence-corrected chi connectivity index (χ1v) is 13.8. The maximum Gasteiger partial charge on any atom is 0.246 e. The van der Waals surface area contributed by atoms with Crippen molar-refractivity contribution in [1.82, 2.24) is 9.80 Å². The van der Waals surface area contributed by atoms with E-state index in [1.165, 1.54) is 0 Å². The van der Waals surface area contributed by atoms with Crippen molar-refractivity contribution >= 4 is 12.0 Å². The molecule has 1 saturated carbocycles. The van der Waals surface area contributed by atoms with Gasteiger partial charge in [0.1, 0.15) is 11.9 Å². The SMILES string of the molecule is C=CCN1CC[C@]23c4c5c(O)cc(OC)c4O[C@H]2[C@@H](N(CC(C)C)C(=O)/C=C/c2ccoc2)CC[C@H]3[C@H]1C5. The van der Waals surface area contributed by atoms with E-state index in [0.29, 0.717) is 30.2 Å². The van der Waals surface area contributed by atoms with Gasteiger partial charge < -0.3 is 23.9 Å². The van der Waals surface area contributed by atoms with Crippen molar-refractivity contribution in [1.29, 1.82) is 0 Å². The molecular formula is C31H38N2O5. The van der Waals surface area contributed by atoms with Gasteiger partial charge in [-0.3, -0.25) is 9.69 Å². The zero-order chi connectivity index (χ0) is 26.6. The second-order valence-electron chi connectivity index (χ2n) is 11.7. The minimum Gasteiger partial charge on any atom is -0.508 e. The average Bonchev–Trinajstić information content (AvgIpc) is 3.54. The van der Waals surface area contributed by atoms with Gasteiger partial charge in [-0.25, -0.2) is 0 Å². The molecule has 7 heteroatoms. The monoisotopic (exact) mass is 518 g/mol. The summed E-state index contributed by atoms with van der Waals surface area (Å²) in [6.45, 7) is 10.7. The molecule has 0 unspecified atom stereocenters. The Balaban J connectivity index is 1.44. The van der Waals surface area contributed by atoms with Crippen LogP contribution in [0.5, 0.6) is 17.2 Å². The van der Waals surface area contributed by atoms with Crippen molar-refractivity contribution in [2.24, 2.45) is 11.8 Å². The van der Waals surface area contributed by atoms with E-state index in [2.05, 4.69) is 25.3 Å². The van der Waals surface area contributed by atoms with E-state index in [4.69, 9.17) is 13.9 Å². The molecule has 6 rings (SSSR count). The van der Waals surface area contributed by atoms with Crippen LogP contribution < -0.4 is 9.47 Å². The number of carbonyl (C=O) groups excluding carboxylic acids is 1. The third-order valence-corrected chi connectivity index (χ3v) is 9.28. The van der Waals surface area contributed by atoms with Gasteiger partial charge in [0, 0.05) is 53.4 Å². The molecule has 1 aromatic heterocycles. The van der Waals surface area contributed by atoms with Crippen LogP contribution in [0.3, 0.4) is 0 Å². The molecule has 38 heavy (non-hydrogen) atoms. The Morgan fingerprint density at radius 1 is 1.39 bits per heavy atom. The quantitative estimate of drug-likeness (QED) is 0.400.